The van der Waals surface area contributed by atoms with E-state index in [0.717, 1.165) is 24.8 Å². The highest BCUT2D eigenvalue weighted by Gasteiger charge is 2.24. The fourth-order valence-electron chi connectivity index (χ4n) is 2.22. The first kappa shape index (κ1) is 10.3. The topological polar surface area (TPSA) is 17.1 Å². The molecule has 1 atom stereocenters. The molecule has 0 bridgehead atoms. The van der Waals surface area contributed by atoms with Crippen molar-refractivity contribution in [1.82, 2.24) is 0 Å². The predicted molar refractivity (Wildman–Crippen MR) is 61.7 cm³/mol. The van der Waals surface area contributed by atoms with Crippen molar-refractivity contribution in [3.63, 3.8) is 0 Å². The molecule has 0 spiro atoms. The highest BCUT2D eigenvalue weighted by molar-refractivity contribution is 8.00. The molecular formula is C12H18OS. The van der Waals surface area contributed by atoms with Crippen LogP contribution in [0.2, 0.25) is 0 Å². The number of carbonyl (C=O) groups excluding carboxylic acids is 1. The van der Waals surface area contributed by atoms with E-state index in [4.69, 9.17) is 0 Å². The Balaban J connectivity index is 1.95. The normalized spacial score (nSPS) is 28.3. The van der Waals surface area contributed by atoms with Gasteiger partial charge in [-0.05, 0) is 49.9 Å². The van der Waals surface area contributed by atoms with Crippen LogP contribution in [0.4, 0.5) is 0 Å². The van der Waals surface area contributed by atoms with Crippen molar-refractivity contribution in [3.8, 4) is 0 Å². The molecule has 14 heavy (non-hydrogen) atoms. The maximum Gasteiger partial charge on any atom is 0.171 e. The van der Waals surface area contributed by atoms with Gasteiger partial charge in [-0.1, -0.05) is 12.5 Å². The van der Waals surface area contributed by atoms with E-state index in [0.29, 0.717) is 11.0 Å². The minimum absolute atomic E-state index is 0.299. The van der Waals surface area contributed by atoms with Crippen LogP contribution < -0.4 is 0 Å². The summed E-state index contributed by atoms with van der Waals surface area (Å²) in [6, 6.07) is 0. The number of rotatable bonds is 2. The second kappa shape index (κ2) is 5.01. The summed E-state index contributed by atoms with van der Waals surface area (Å²) in [7, 11) is 0. The van der Waals surface area contributed by atoms with Gasteiger partial charge in [-0.15, -0.1) is 0 Å². The van der Waals surface area contributed by atoms with E-state index in [1.54, 1.807) is 0 Å². The second-order valence-corrected chi connectivity index (χ2v) is 5.51. The van der Waals surface area contributed by atoms with Crippen LogP contribution in [0.15, 0.2) is 11.6 Å². The molecule has 1 fully saturated rings. The molecule has 0 radical (unpaired) electrons. The largest absolute Gasteiger partial charge is 0.293 e. The molecule has 0 saturated carbocycles. The number of thioether (sulfide) groups is 1. The summed E-state index contributed by atoms with van der Waals surface area (Å²) in [4.78, 5) is 12.1. The molecule has 1 heterocycles. The summed E-state index contributed by atoms with van der Waals surface area (Å²) >= 11 is 1.87. The van der Waals surface area contributed by atoms with Crippen LogP contribution in [0.5, 0.6) is 0 Å². The standard InChI is InChI=1S/C12H18OS/c13-12(10-6-2-1-3-7-10)11-8-4-5-9-14-11/h6,11H,1-5,7-9H2. The lowest BCUT2D eigenvalue weighted by Gasteiger charge is -2.22. The molecule has 0 aromatic carbocycles. The van der Waals surface area contributed by atoms with Gasteiger partial charge in [0.05, 0.1) is 5.25 Å². The molecule has 1 nitrogen and oxygen atoms in total. The van der Waals surface area contributed by atoms with E-state index in [-0.39, 0.29) is 0 Å². The predicted octanol–water partition coefficient (Wildman–Crippen LogP) is 3.34. The lowest BCUT2D eigenvalue weighted by atomic mass is 9.93. The third-order valence-corrected chi connectivity index (χ3v) is 4.46. The van der Waals surface area contributed by atoms with Crippen LogP contribution in [0, 0.1) is 0 Å². The first-order valence-electron chi connectivity index (χ1n) is 5.73. The van der Waals surface area contributed by atoms with Gasteiger partial charge in [0.15, 0.2) is 5.78 Å². The van der Waals surface area contributed by atoms with Gasteiger partial charge in [0.1, 0.15) is 0 Å². The van der Waals surface area contributed by atoms with Crippen LogP contribution in [0.25, 0.3) is 0 Å². The molecule has 1 saturated heterocycles. The van der Waals surface area contributed by atoms with Gasteiger partial charge in [-0.25, -0.2) is 0 Å². The maximum absolute atomic E-state index is 12.1. The molecule has 2 heteroatoms. The Labute approximate surface area is 90.3 Å². The van der Waals surface area contributed by atoms with Crippen molar-refractivity contribution < 1.29 is 4.79 Å². The van der Waals surface area contributed by atoms with Crippen molar-refractivity contribution in [2.45, 2.75) is 50.2 Å². The van der Waals surface area contributed by atoms with E-state index < -0.39 is 0 Å². The fraction of sp³-hybridized carbons (Fsp3) is 0.750. The van der Waals surface area contributed by atoms with Gasteiger partial charge < -0.3 is 0 Å². The molecule has 1 aliphatic heterocycles. The number of hydrogen-bond acceptors (Lipinski definition) is 2. The Hall–Kier alpha value is -0.240. The first-order chi connectivity index (χ1) is 6.88. The Morgan fingerprint density at radius 3 is 2.86 bits per heavy atom. The molecule has 0 amide bonds. The number of ketones is 1. The molecule has 1 aliphatic carbocycles. The van der Waals surface area contributed by atoms with Crippen LogP contribution in [0.1, 0.15) is 44.9 Å². The second-order valence-electron chi connectivity index (χ2n) is 4.19. The zero-order valence-corrected chi connectivity index (χ0v) is 9.44. The van der Waals surface area contributed by atoms with Crippen LogP contribution in [-0.4, -0.2) is 16.8 Å². The van der Waals surface area contributed by atoms with Gasteiger partial charge in [0.2, 0.25) is 0 Å². The minimum Gasteiger partial charge on any atom is -0.293 e. The van der Waals surface area contributed by atoms with E-state index in [1.807, 2.05) is 11.8 Å². The maximum atomic E-state index is 12.1. The number of allylic oxidation sites excluding steroid dienone is 2. The first-order valence-corrected chi connectivity index (χ1v) is 6.77. The smallest absolute Gasteiger partial charge is 0.171 e. The van der Waals surface area contributed by atoms with Gasteiger partial charge in [-0.3, -0.25) is 4.79 Å². The molecule has 78 valence electrons. The highest BCUT2D eigenvalue weighted by atomic mass is 32.2. The molecule has 0 N–H and O–H groups in total. The van der Waals surface area contributed by atoms with Gasteiger partial charge in [-0.2, -0.15) is 11.8 Å². The Kier molecular flexibility index (Phi) is 3.68. The lowest BCUT2D eigenvalue weighted by molar-refractivity contribution is -0.115. The summed E-state index contributed by atoms with van der Waals surface area (Å²) in [5.74, 6) is 1.64. The summed E-state index contributed by atoms with van der Waals surface area (Å²) in [5.41, 5.74) is 1.13. The molecule has 1 unspecified atom stereocenters. The Morgan fingerprint density at radius 1 is 1.29 bits per heavy atom. The van der Waals surface area contributed by atoms with E-state index in [1.165, 1.54) is 31.4 Å². The third-order valence-electron chi connectivity index (χ3n) is 3.08. The zero-order chi connectivity index (χ0) is 9.80. The number of Topliss-reactive ketones (excluding diaryl/α,β-unsaturated/α-hetero) is 1. The fourth-order valence-corrected chi connectivity index (χ4v) is 3.51. The SMILES string of the molecule is O=C(C1=CCCCC1)C1CCCCS1. The molecular weight excluding hydrogens is 192 g/mol. The average molecular weight is 210 g/mol. The van der Waals surface area contributed by atoms with E-state index >= 15 is 0 Å². The van der Waals surface area contributed by atoms with Crippen LogP contribution in [0.3, 0.4) is 0 Å². The highest BCUT2D eigenvalue weighted by Crippen LogP contribution is 2.30. The summed E-state index contributed by atoms with van der Waals surface area (Å²) < 4.78 is 0. The summed E-state index contributed by atoms with van der Waals surface area (Å²) in [6.45, 7) is 0. The van der Waals surface area contributed by atoms with Crippen LogP contribution in [-0.2, 0) is 4.79 Å². The summed E-state index contributed by atoms with van der Waals surface area (Å²) in [5, 5.41) is 0.299. The third kappa shape index (κ3) is 2.41. The minimum atomic E-state index is 0.299. The van der Waals surface area contributed by atoms with Crippen molar-refractivity contribution in [2.24, 2.45) is 0 Å². The van der Waals surface area contributed by atoms with E-state index in [9.17, 15) is 4.79 Å². The number of carbonyl (C=O) groups is 1. The van der Waals surface area contributed by atoms with Crippen molar-refractivity contribution >= 4 is 17.5 Å². The van der Waals surface area contributed by atoms with Gasteiger partial charge in [0.25, 0.3) is 0 Å². The summed E-state index contributed by atoms with van der Waals surface area (Å²) in [6.07, 6.45) is 10.5. The molecule has 0 aromatic rings. The molecule has 2 rings (SSSR count). The van der Waals surface area contributed by atoms with Crippen molar-refractivity contribution in [3.05, 3.63) is 11.6 Å². The average Bonchev–Trinajstić information content (AvgIpc) is 2.30. The van der Waals surface area contributed by atoms with Crippen molar-refractivity contribution in [1.29, 1.82) is 0 Å². The Bertz CT molecular complexity index is 239. The zero-order valence-electron chi connectivity index (χ0n) is 8.63. The quantitative estimate of drug-likeness (QED) is 0.695. The molecule has 0 aromatic heterocycles. The number of hydrogen-bond donors (Lipinski definition) is 0. The van der Waals surface area contributed by atoms with Gasteiger partial charge >= 0.3 is 0 Å². The van der Waals surface area contributed by atoms with Gasteiger partial charge in [0, 0.05) is 0 Å². The van der Waals surface area contributed by atoms with E-state index in [2.05, 4.69) is 6.08 Å². The monoisotopic (exact) mass is 210 g/mol. The van der Waals surface area contributed by atoms with Crippen LogP contribution >= 0.6 is 11.8 Å². The lowest BCUT2D eigenvalue weighted by Crippen LogP contribution is -2.23. The Morgan fingerprint density at radius 2 is 2.21 bits per heavy atom. The molecule has 2 aliphatic rings. The van der Waals surface area contributed by atoms with Crippen molar-refractivity contribution in [2.75, 3.05) is 5.75 Å².